The summed E-state index contributed by atoms with van der Waals surface area (Å²) in [6, 6.07) is 1.56. The average Bonchev–Trinajstić information content (AvgIpc) is 3.32. The van der Waals surface area contributed by atoms with E-state index in [1.807, 2.05) is 0 Å². The minimum atomic E-state index is -4.35. The molecule has 0 unspecified atom stereocenters. The Labute approximate surface area is 166 Å². The lowest BCUT2D eigenvalue weighted by molar-refractivity contribution is -0.134. The summed E-state index contributed by atoms with van der Waals surface area (Å²) < 4.78 is 58.8. The van der Waals surface area contributed by atoms with Gasteiger partial charge in [-0.05, 0) is 18.0 Å². The van der Waals surface area contributed by atoms with Crippen LogP contribution in [0.1, 0.15) is 28.6 Å². The highest BCUT2D eigenvalue weighted by atomic mass is 32.1. The zero-order chi connectivity index (χ0) is 20.4. The maximum Gasteiger partial charge on any atom is 0.427 e. The molecule has 3 aromatic heterocycles. The van der Waals surface area contributed by atoms with Crippen LogP contribution in [0.15, 0.2) is 29.2 Å². The van der Waals surface area contributed by atoms with Gasteiger partial charge in [-0.25, -0.2) is 15.0 Å². The van der Waals surface area contributed by atoms with Crippen molar-refractivity contribution in [3.8, 4) is 23.2 Å². The Bertz CT molecular complexity index is 954. The van der Waals surface area contributed by atoms with Crippen molar-refractivity contribution in [1.29, 1.82) is 0 Å². The van der Waals surface area contributed by atoms with Crippen molar-refractivity contribution in [3.63, 3.8) is 0 Å². The van der Waals surface area contributed by atoms with Crippen LogP contribution < -0.4 is 9.47 Å². The molecule has 0 N–H and O–H groups in total. The molecule has 3 aromatic rings. The van der Waals surface area contributed by atoms with Crippen LogP contribution in [0.4, 0.5) is 13.2 Å². The lowest BCUT2D eigenvalue weighted by Gasteiger charge is -2.33. The second kappa shape index (κ2) is 7.95. The number of hydrogen-bond acceptors (Lipinski definition) is 9. The van der Waals surface area contributed by atoms with E-state index in [1.54, 1.807) is 6.07 Å². The van der Waals surface area contributed by atoms with Gasteiger partial charge in [0.15, 0.2) is 12.6 Å². The minimum Gasteiger partial charge on any atom is -0.473 e. The van der Waals surface area contributed by atoms with E-state index in [0.717, 1.165) is 6.20 Å². The van der Waals surface area contributed by atoms with Gasteiger partial charge in [0.2, 0.25) is 5.88 Å². The van der Waals surface area contributed by atoms with E-state index >= 15 is 0 Å². The molecule has 3 heterocycles. The standard InChI is InChI=1S/C17H15F3N4O4S/c1-25-8-26-14-4-12(28-24-14)11-5-22-15(7-21-11)27-10-2-9(3-10)16-23-6-13(29-16)17(18,19)20/h4-7,9-10H,2-3,8H2,1H3. The summed E-state index contributed by atoms with van der Waals surface area (Å²) in [5, 5.41) is 4.21. The predicted molar refractivity (Wildman–Crippen MR) is 93.5 cm³/mol. The number of hydrogen-bond donors (Lipinski definition) is 0. The molecule has 0 aromatic carbocycles. The third-order valence-electron chi connectivity index (χ3n) is 4.23. The van der Waals surface area contributed by atoms with E-state index in [1.165, 1.54) is 19.5 Å². The first kappa shape index (κ1) is 19.6. The van der Waals surface area contributed by atoms with Crippen LogP contribution in [-0.4, -0.2) is 40.1 Å². The van der Waals surface area contributed by atoms with E-state index in [-0.39, 0.29) is 24.7 Å². The van der Waals surface area contributed by atoms with Crippen molar-refractivity contribution in [1.82, 2.24) is 20.1 Å². The van der Waals surface area contributed by atoms with Gasteiger partial charge in [-0.1, -0.05) is 0 Å². The van der Waals surface area contributed by atoms with Crippen molar-refractivity contribution >= 4 is 11.3 Å². The molecule has 0 saturated heterocycles. The second-order valence-corrected chi connectivity index (χ2v) is 7.35. The monoisotopic (exact) mass is 428 g/mol. The smallest absolute Gasteiger partial charge is 0.427 e. The molecule has 154 valence electrons. The summed E-state index contributed by atoms with van der Waals surface area (Å²) >= 11 is 0.684. The lowest BCUT2D eigenvalue weighted by atomic mass is 9.83. The lowest BCUT2D eigenvalue weighted by Crippen LogP contribution is -2.32. The summed E-state index contributed by atoms with van der Waals surface area (Å²) in [4.78, 5) is 11.6. The maximum atomic E-state index is 12.7. The molecule has 1 aliphatic rings. The average molecular weight is 428 g/mol. The van der Waals surface area contributed by atoms with Crippen LogP contribution in [0.3, 0.4) is 0 Å². The Morgan fingerprint density at radius 1 is 1.14 bits per heavy atom. The zero-order valence-electron chi connectivity index (χ0n) is 15.0. The molecule has 29 heavy (non-hydrogen) atoms. The molecule has 1 fully saturated rings. The van der Waals surface area contributed by atoms with E-state index < -0.39 is 11.1 Å². The van der Waals surface area contributed by atoms with Gasteiger partial charge in [0.05, 0.1) is 29.7 Å². The minimum absolute atomic E-state index is 0.0342. The number of methoxy groups -OCH3 is 1. The Kier molecular flexibility index (Phi) is 5.37. The molecule has 1 saturated carbocycles. The Morgan fingerprint density at radius 3 is 2.62 bits per heavy atom. The third-order valence-corrected chi connectivity index (χ3v) is 5.43. The van der Waals surface area contributed by atoms with Crippen LogP contribution in [0.2, 0.25) is 0 Å². The molecule has 0 atom stereocenters. The number of halogens is 3. The normalized spacial score (nSPS) is 19.0. The van der Waals surface area contributed by atoms with E-state index in [0.29, 0.717) is 46.5 Å². The fourth-order valence-corrected chi connectivity index (χ4v) is 3.62. The zero-order valence-corrected chi connectivity index (χ0v) is 15.9. The highest BCUT2D eigenvalue weighted by molar-refractivity contribution is 7.11. The highest BCUT2D eigenvalue weighted by Gasteiger charge is 2.38. The fraction of sp³-hybridized carbons (Fsp3) is 0.412. The molecule has 0 spiro atoms. The molecule has 1 aliphatic carbocycles. The molecular weight excluding hydrogens is 413 g/mol. The fourth-order valence-electron chi connectivity index (χ4n) is 2.71. The number of aromatic nitrogens is 4. The predicted octanol–water partition coefficient (Wildman–Crippen LogP) is 3.91. The Morgan fingerprint density at radius 2 is 1.97 bits per heavy atom. The maximum absolute atomic E-state index is 12.7. The van der Waals surface area contributed by atoms with Crippen LogP contribution in [0.25, 0.3) is 11.5 Å². The van der Waals surface area contributed by atoms with Gasteiger partial charge in [-0.3, -0.25) is 0 Å². The Balaban J connectivity index is 1.30. The molecule has 0 aliphatic heterocycles. The SMILES string of the molecule is COCOc1cc(-c2cnc(OC3CC(c4ncc(C(F)(F)F)s4)C3)cn2)on1. The first-order valence-electron chi connectivity index (χ1n) is 8.53. The molecule has 0 bridgehead atoms. The quantitative estimate of drug-likeness (QED) is 0.523. The number of thiazole rings is 1. The van der Waals surface area contributed by atoms with Gasteiger partial charge in [0.1, 0.15) is 16.7 Å². The molecule has 8 nitrogen and oxygen atoms in total. The third kappa shape index (κ3) is 4.48. The van der Waals surface area contributed by atoms with Crippen LogP contribution >= 0.6 is 11.3 Å². The molecule has 0 radical (unpaired) electrons. The van der Waals surface area contributed by atoms with Gasteiger partial charge in [0, 0.05) is 13.0 Å². The molecular formula is C17H15F3N4O4S. The Hall–Kier alpha value is -2.73. The molecule has 12 heteroatoms. The summed E-state index contributed by atoms with van der Waals surface area (Å²) in [5.74, 6) is 0.930. The van der Waals surface area contributed by atoms with Gasteiger partial charge in [0.25, 0.3) is 5.88 Å². The van der Waals surface area contributed by atoms with E-state index in [9.17, 15) is 13.2 Å². The summed E-state index contributed by atoms with van der Waals surface area (Å²) in [5.41, 5.74) is 0.450. The van der Waals surface area contributed by atoms with Crippen molar-refractivity contribution in [2.75, 3.05) is 13.9 Å². The van der Waals surface area contributed by atoms with Crippen molar-refractivity contribution in [2.45, 2.75) is 31.0 Å². The summed E-state index contributed by atoms with van der Waals surface area (Å²) in [6.45, 7) is 0.0469. The van der Waals surface area contributed by atoms with Crippen LogP contribution in [-0.2, 0) is 10.9 Å². The van der Waals surface area contributed by atoms with Crippen molar-refractivity contribution in [3.05, 3.63) is 34.5 Å². The first-order valence-corrected chi connectivity index (χ1v) is 9.34. The van der Waals surface area contributed by atoms with Crippen LogP contribution in [0.5, 0.6) is 11.8 Å². The number of ether oxygens (including phenoxy) is 3. The van der Waals surface area contributed by atoms with E-state index in [4.69, 9.17) is 18.7 Å². The van der Waals surface area contributed by atoms with Gasteiger partial charge >= 0.3 is 6.18 Å². The van der Waals surface area contributed by atoms with Gasteiger partial charge in [-0.15, -0.1) is 11.3 Å². The summed E-state index contributed by atoms with van der Waals surface area (Å²) in [7, 11) is 1.49. The van der Waals surface area contributed by atoms with E-state index in [2.05, 4.69) is 20.1 Å². The second-order valence-electron chi connectivity index (χ2n) is 6.29. The van der Waals surface area contributed by atoms with Crippen LogP contribution in [0, 0.1) is 0 Å². The number of nitrogens with zero attached hydrogens (tertiary/aromatic N) is 4. The van der Waals surface area contributed by atoms with Crippen molar-refractivity contribution < 1.29 is 31.9 Å². The summed E-state index contributed by atoms with van der Waals surface area (Å²) in [6.07, 6.45) is 0.472. The topological polar surface area (TPSA) is 92.4 Å². The molecule has 4 rings (SSSR count). The molecule has 0 amide bonds. The number of rotatable bonds is 7. The van der Waals surface area contributed by atoms with Crippen molar-refractivity contribution in [2.24, 2.45) is 0 Å². The highest BCUT2D eigenvalue weighted by Crippen LogP contribution is 2.43. The first-order chi connectivity index (χ1) is 13.9. The number of alkyl halides is 3. The van der Waals surface area contributed by atoms with Gasteiger partial charge in [-0.2, -0.15) is 13.2 Å². The van der Waals surface area contributed by atoms with Gasteiger partial charge < -0.3 is 18.7 Å². The largest absolute Gasteiger partial charge is 0.473 e.